The number of piperazine rings is 1. The summed E-state index contributed by atoms with van der Waals surface area (Å²) in [6, 6.07) is 14.2. The predicted octanol–water partition coefficient (Wildman–Crippen LogP) is 6.01. The van der Waals surface area contributed by atoms with Gasteiger partial charge in [0.2, 0.25) is 0 Å². The van der Waals surface area contributed by atoms with Crippen molar-refractivity contribution in [1.82, 2.24) is 19.7 Å². The number of amides is 1. The van der Waals surface area contributed by atoms with Gasteiger partial charge in [-0.3, -0.25) is 14.5 Å². The quantitative estimate of drug-likeness (QED) is 0.247. The Hall–Kier alpha value is -4.02. The molecule has 1 aliphatic heterocycles. The summed E-state index contributed by atoms with van der Waals surface area (Å²) in [6.07, 6.45) is 7.59. The van der Waals surface area contributed by atoms with E-state index >= 15 is 0 Å². The van der Waals surface area contributed by atoms with Crippen LogP contribution in [0.3, 0.4) is 0 Å². The van der Waals surface area contributed by atoms with Crippen molar-refractivity contribution in [3.8, 4) is 11.1 Å². The molecule has 1 aromatic carbocycles. The van der Waals surface area contributed by atoms with E-state index in [0.29, 0.717) is 17.5 Å². The topological polar surface area (TPSA) is 95.4 Å². The van der Waals surface area contributed by atoms with Gasteiger partial charge in [0.1, 0.15) is 5.69 Å². The summed E-state index contributed by atoms with van der Waals surface area (Å²) in [5.74, 6) is 1.28. The molecule has 10 heteroatoms. The summed E-state index contributed by atoms with van der Waals surface area (Å²) < 4.78 is 1.57. The highest BCUT2D eigenvalue weighted by molar-refractivity contribution is 7.14. The van der Waals surface area contributed by atoms with Gasteiger partial charge >= 0.3 is 0 Å². The van der Waals surface area contributed by atoms with Crippen molar-refractivity contribution in [3.63, 3.8) is 0 Å². The zero-order valence-electron chi connectivity index (χ0n) is 26.0. The Morgan fingerprint density at radius 1 is 0.955 bits per heavy atom. The smallest absolute Gasteiger partial charge is 0.274 e. The van der Waals surface area contributed by atoms with Gasteiger partial charge < -0.3 is 20.1 Å². The number of carbonyl (C=O) groups excluding carboxylic acids is 1. The molecule has 44 heavy (non-hydrogen) atoms. The lowest BCUT2D eigenvalue weighted by atomic mass is 10.00. The largest absolute Gasteiger partial charge is 0.353 e. The first-order chi connectivity index (χ1) is 21.3. The number of anilines is 4. The average molecular weight is 612 g/mol. The Balaban J connectivity index is 1.19. The molecule has 0 saturated carbocycles. The molecule has 2 N–H and O–H groups in total. The normalized spacial score (nSPS) is 15.6. The molecule has 4 heterocycles. The van der Waals surface area contributed by atoms with Crippen LogP contribution in [0.15, 0.2) is 53.5 Å². The van der Waals surface area contributed by atoms with Crippen LogP contribution in [0.1, 0.15) is 58.8 Å². The van der Waals surface area contributed by atoms with E-state index in [4.69, 9.17) is 0 Å². The number of pyridine rings is 1. The van der Waals surface area contributed by atoms with Crippen LogP contribution in [-0.4, -0.2) is 57.8 Å². The number of hydrogen-bond acceptors (Lipinski definition) is 8. The third-order valence-electron chi connectivity index (χ3n) is 8.83. The Kier molecular flexibility index (Phi) is 8.81. The van der Waals surface area contributed by atoms with Crippen molar-refractivity contribution in [2.24, 2.45) is 7.05 Å². The Bertz CT molecular complexity index is 1680. The van der Waals surface area contributed by atoms with Crippen molar-refractivity contribution < 1.29 is 4.79 Å². The van der Waals surface area contributed by atoms with Gasteiger partial charge in [0, 0.05) is 61.6 Å². The maximum Gasteiger partial charge on any atom is 0.274 e. The van der Waals surface area contributed by atoms with E-state index in [1.165, 1.54) is 29.7 Å². The molecule has 1 aliphatic carbocycles. The maximum atomic E-state index is 13.3. The third kappa shape index (κ3) is 6.42. The minimum atomic E-state index is -0.163. The van der Waals surface area contributed by atoms with Gasteiger partial charge in [-0.1, -0.05) is 18.6 Å². The zero-order chi connectivity index (χ0) is 30.8. The van der Waals surface area contributed by atoms with Gasteiger partial charge in [0.15, 0.2) is 11.6 Å². The molecule has 3 aromatic heterocycles. The molecule has 1 amide bonds. The standard InChI is InChI=1S/C34H41N7O2S/c1-22(2)40-15-17-41(18-16-40)32-14-13-31(37-38-32)35-28-19-25(21-39(4)34(28)43)26-10-8-11-27(23(26)3)36-33(42)30-20-24-9-6-5-7-12-29(24)44-30/h8,10-11,13-14,19-22H,5-7,9,12,15-18H2,1-4H3,(H,35,37)(H,36,42). The monoisotopic (exact) mass is 611 g/mol. The van der Waals surface area contributed by atoms with E-state index in [1.807, 2.05) is 49.5 Å². The van der Waals surface area contributed by atoms with Crippen LogP contribution in [0.5, 0.6) is 0 Å². The Labute approximate surface area is 262 Å². The van der Waals surface area contributed by atoms with E-state index < -0.39 is 0 Å². The van der Waals surface area contributed by atoms with E-state index in [9.17, 15) is 9.59 Å². The number of carbonyl (C=O) groups is 1. The number of nitrogens with zero attached hydrogens (tertiary/aromatic N) is 5. The van der Waals surface area contributed by atoms with Crippen LogP contribution in [0, 0.1) is 6.92 Å². The number of aromatic nitrogens is 3. The number of thiophene rings is 1. The van der Waals surface area contributed by atoms with Gasteiger partial charge in [-0.2, -0.15) is 0 Å². The molecule has 0 radical (unpaired) electrons. The van der Waals surface area contributed by atoms with E-state index in [1.54, 1.807) is 23.0 Å². The summed E-state index contributed by atoms with van der Waals surface area (Å²) in [6.45, 7) is 10.3. The minimum Gasteiger partial charge on any atom is -0.353 e. The van der Waals surface area contributed by atoms with Crippen molar-refractivity contribution in [2.75, 3.05) is 41.7 Å². The second kappa shape index (κ2) is 12.9. The molecular formula is C34H41N7O2S. The number of rotatable bonds is 7. The van der Waals surface area contributed by atoms with E-state index in [-0.39, 0.29) is 11.5 Å². The van der Waals surface area contributed by atoms with Crippen molar-refractivity contribution in [2.45, 2.75) is 58.9 Å². The van der Waals surface area contributed by atoms with E-state index in [0.717, 1.165) is 72.1 Å². The number of aryl methyl sites for hydroxylation is 3. The first-order valence-corrected chi connectivity index (χ1v) is 16.4. The Morgan fingerprint density at radius 3 is 2.50 bits per heavy atom. The molecular weight excluding hydrogens is 570 g/mol. The second-order valence-electron chi connectivity index (χ2n) is 12.1. The third-order valence-corrected chi connectivity index (χ3v) is 10.1. The van der Waals surface area contributed by atoms with Crippen LogP contribution in [-0.2, 0) is 19.9 Å². The lowest BCUT2D eigenvalue weighted by molar-refractivity contribution is 0.103. The highest BCUT2D eigenvalue weighted by Gasteiger charge is 2.21. The SMILES string of the molecule is Cc1c(NC(=O)c2cc3c(s2)CCCCC3)cccc1-c1cc(Nc2ccc(N3CCN(C(C)C)CC3)nn2)c(=O)n(C)c1. The molecule has 6 rings (SSSR count). The summed E-state index contributed by atoms with van der Waals surface area (Å²) in [7, 11) is 1.74. The summed E-state index contributed by atoms with van der Waals surface area (Å²) in [4.78, 5) is 33.2. The van der Waals surface area contributed by atoms with Crippen LogP contribution < -0.4 is 21.1 Å². The van der Waals surface area contributed by atoms with Gasteiger partial charge in [0.25, 0.3) is 11.5 Å². The second-order valence-corrected chi connectivity index (χ2v) is 13.3. The number of benzene rings is 1. The number of hydrogen-bond donors (Lipinski definition) is 2. The predicted molar refractivity (Wildman–Crippen MR) is 180 cm³/mol. The molecule has 1 fully saturated rings. The summed E-state index contributed by atoms with van der Waals surface area (Å²) in [5, 5.41) is 15.2. The molecule has 0 bridgehead atoms. The molecule has 230 valence electrons. The highest BCUT2D eigenvalue weighted by atomic mass is 32.1. The van der Waals surface area contributed by atoms with Gasteiger partial charge in [-0.05, 0) is 93.5 Å². The van der Waals surface area contributed by atoms with Crippen molar-refractivity contribution in [1.29, 1.82) is 0 Å². The highest BCUT2D eigenvalue weighted by Crippen LogP contribution is 2.32. The average Bonchev–Trinajstić information content (AvgIpc) is 3.31. The summed E-state index contributed by atoms with van der Waals surface area (Å²) >= 11 is 1.62. The lowest BCUT2D eigenvalue weighted by Crippen LogP contribution is -2.49. The Morgan fingerprint density at radius 2 is 1.75 bits per heavy atom. The molecule has 4 aromatic rings. The zero-order valence-corrected chi connectivity index (χ0v) is 26.8. The molecule has 0 spiro atoms. The first kappa shape index (κ1) is 30.0. The van der Waals surface area contributed by atoms with Gasteiger partial charge in [-0.15, -0.1) is 21.5 Å². The molecule has 0 atom stereocenters. The molecule has 9 nitrogen and oxygen atoms in total. The maximum absolute atomic E-state index is 13.3. The van der Waals surface area contributed by atoms with Crippen molar-refractivity contribution in [3.05, 3.63) is 79.9 Å². The fraction of sp³-hybridized carbons (Fsp3) is 0.412. The van der Waals surface area contributed by atoms with E-state index in [2.05, 4.69) is 50.5 Å². The van der Waals surface area contributed by atoms with Crippen LogP contribution in [0.2, 0.25) is 0 Å². The first-order valence-electron chi connectivity index (χ1n) is 15.6. The van der Waals surface area contributed by atoms with Crippen LogP contribution in [0.25, 0.3) is 11.1 Å². The molecule has 0 unspecified atom stereocenters. The fourth-order valence-electron chi connectivity index (χ4n) is 6.16. The lowest BCUT2D eigenvalue weighted by Gasteiger charge is -2.37. The summed E-state index contributed by atoms with van der Waals surface area (Å²) in [5.41, 5.74) is 5.07. The van der Waals surface area contributed by atoms with Gasteiger partial charge in [-0.25, -0.2) is 0 Å². The minimum absolute atomic E-state index is 0.0741. The number of fused-ring (bicyclic) bond motifs is 1. The fourth-order valence-corrected chi connectivity index (χ4v) is 7.31. The molecule has 1 saturated heterocycles. The van der Waals surface area contributed by atoms with Crippen LogP contribution in [0.4, 0.5) is 23.0 Å². The molecule has 2 aliphatic rings. The van der Waals surface area contributed by atoms with Crippen LogP contribution >= 0.6 is 11.3 Å². The van der Waals surface area contributed by atoms with Gasteiger partial charge in [0.05, 0.1) is 4.88 Å². The number of nitrogens with one attached hydrogen (secondary N) is 2. The van der Waals surface area contributed by atoms with Crippen molar-refractivity contribution >= 4 is 40.3 Å².